The van der Waals surface area contributed by atoms with E-state index in [1.165, 1.54) is 0 Å². The minimum Gasteiger partial charge on any atom is -0.400 e. The van der Waals surface area contributed by atoms with Gasteiger partial charge in [-0.3, -0.25) is 0 Å². The van der Waals surface area contributed by atoms with E-state index in [0.29, 0.717) is 0 Å². The maximum Gasteiger partial charge on any atom is 0.0319 e. The van der Waals surface area contributed by atoms with E-state index < -0.39 is 0 Å². The SMILES string of the molecule is CC.CC.CC.CC.CC.CC.CC.CO.CO.CO. The third-order valence-corrected chi connectivity index (χ3v) is 0. The molecule has 0 aliphatic heterocycles. The van der Waals surface area contributed by atoms with Crippen LogP contribution in [0, 0.1) is 0 Å². The Hall–Kier alpha value is -0.120. The molecule has 0 atom stereocenters. The largest absolute Gasteiger partial charge is 0.400 e. The molecule has 0 aromatic rings. The smallest absolute Gasteiger partial charge is 0.0319 e. The number of hydrogen-bond donors (Lipinski definition) is 3. The maximum atomic E-state index is 7.00. The molecule has 0 aromatic heterocycles. The maximum absolute atomic E-state index is 7.00. The molecule has 3 nitrogen and oxygen atoms in total. The number of hydrogen-bond acceptors (Lipinski definition) is 3. The van der Waals surface area contributed by atoms with Crippen LogP contribution in [0.25, 0.3) is 0 Å². The van der Waals surface area contributed by atoms with Gasteiger partial charge in [0.2, 0.25) is 0 Å². The number of aliphatic hydroxyl groups is 3. The van der Waals surface area contributed by atoms with E-state index in [1.807, 2.05) is 96.9 Å². The topological polar surface area (TPSA) is 60.7 Å². The molecule has 20 heavy (non-hydrogen) atoms. The highest BCUT2D eigenvalue weighted by Crippen LogP contribution is 1.16. The fourth-order valence-corrected chi connectivity index (χ4v) is 0. The van der Waals surface area contributed by atoms with E-state index in [4.69, 9.17) is 15.3 Å². The Morgan fingerprint density at radius 3 is 0.200 bits per heavy atom. The molecule has 0 fully saturated rings. The fourth-order valence-electron chi connectivity index (χ4n) is 0. The number of rotatable bonds is 0. The first-order valence-corrected chi connectivity index (χ1v) is 8.34. The highest BCUT2D eigenvalue weighted by molar-refractivity contribution is 3.52. The summed E-state index contributed by atoms with van der Waals surface area (Å²) in [7, 11) is 3.00. The minimum absolute atomic E-state index is 1.00. The summed E-state index contributed by atoms with van der Waals surface area (Å²) in [4.78, 5) is 0. The van der Waals surface area contributed by atoms with Crippen molar-refractivity contribution < 1.29 is 15.3 Å². The Morgan fingerprint density at radius 2 is 0.200 bits per heavy atom. The second kappa shape index (κ2) is 419000. The predicted molar refractivity (Wildman–Crippen MR) is 104 cm³/mol. The van der Waals surface area contributed by atoms with Crippen LogP contribution in [0.15, 0.2) is 0 Å². The first kappa shape index (κ1) is 72.6. The molecular formula is C17H54O3. The fraction of sp³-hybridized carbons (Fsp3) is 1.00. The lowest BCUT2D eigenvalue weighted by Crippen LogP contribution is -1.25. The van der Waals surface area contributed by atoms with Gasteiger partial charge in [0.15, 0.2) is 0 Å². The van der Waals surface area contributed by atoms with E-state index in [0.717, 1.165) is 21.3 Å². The van der Waals surface area contributed by atoms with Gasteiger partial charge >= 0.3 is 0 Å². The van der Waals surface area contributed by atoms with Crippen LogP contribution >= 0.6 is 0 Å². The molecule has 0 aliphatic carbocycles. The van der Waals surface area contributed by atoms with Crippen molar-refractivity contribution in [3.63, 3.8) is 0 Å². The predicted octanol–water partition coefficient (Wildman–Crippen LogP) is 6.01. The van der Waals surface area contributed by atoms with Crippen LogP contribution in [0.5, 0.6) is 0 Å². The molecule has 3 heteroatoms. The normalized spacial score (nSPS) is 3.00. The molecule has 0 bridgehead atoms. The van der Waals surface area contributed by atoms with E-state index in [1.54, 1.807) is 0 Å². The molecule has 0 amide bonds. The Morgan fingerprint density at radius 1 is 0.200 bits per heavy atom. The third-order valence-electron chi connectivity index (χ3n) is 0. The third kappa shape index (κ3) is 354000. The standard InChI is InChI=1S/7C2H6.3CH4O/c10*1-2/h7*1-2H3;3*2H,1H3. The summed E-state index contributed by atoms with van der Waals surface area (Å²) in [6.45, 7) is 28.0. The van der Waals surface area contributed by atoms with Gasteiger partial charge in [-0.2, -0.15) is 0 Å². The molecule has 0 rings (SSSR count). The minimum atomic E-state index is 1.00. The zero-order valence-electron chi connectivity index (χ0n) is 18.3. The molecule has 0 unspecified atom stereocenters. The second-order valence-electron chi connectivity index (χ2n) is 0. The van der Waals surface area contributed by atoms with Crippen LogP contribution in [-0.2, 0) is 0 Å². The zero-order chi connectivity index (χ0) is 20.0. The van der Waals surface area contributed by atoms with Crippen molar-refractivity contribution >= 4 is 0 Å². The van der Waals surface area contributed by atoms with Crippen LogP contribution in [0.1, 0.15) is 96.9 Å². The second-order valence-corrected chi connectivity index (χ2v) is 0. The lowest BCUT2D eigenvalue weighted by Gasteiger charge is -1.21. The van der Waals surface area contributed by atoms with Gasteiger partial charge < -0.3 is 15.3 Å². The van der Waals surface area contributed by atoms with Crippen LogP contribution in [0.2, 0.25) is 0 Å². The molecule has 140 valence electrons. The molecule has 0 saturated carbocycles. The van der Waals surface area contributed by atoms with E-state index in [-0.39, 0.29) is 0 Å². The van der Waals surface area contributed by atoms with Crippen LogP contribution in [0.4, 0.5) is 0 Å². The van der Waals surface area contributed by atoms with Gasteiger partial charge in [-0.15, -0.1) is 0 Å². The van der Waals surface area contributed by atoms with Crippen molar-refractivity contribution in [1.29, 1.82) is 0 Å². The molecule has 3 N–H and O–H groups in total. The average molecular weight is 307 g/mol. The van der Waals surface area contributed by atoms with Gasteiger partial charge in [0.05, 0.1) is 0 Å². The Bertz CT molecular complexity index is 12.2. The molecule has 0 heterocycles. The summed E-state index contributed by atoms with van der Waals surface area (Å²) in [5, 5.41) is 21.0. The molecule has 0 spiro atoms. The van der Waals surface area contributed by atoms with Gasteiger partial charge in [0.25, 0.3) is 0 Å². The van der Waals surface area contributed by atoms with Crippen molar-refractivity contribution in [2.24, 2.45) is 0 Å². The lowest BCUT2D eigenvalue weighted by molar-refractivity contribution is 0.399. The Kier molecular flexibility index (Phi) is 1520000. The molecule has 0 aliphatic rings. The van der Waals surface area contributed by atoms with Gasteiger partial charge in [-0.1, -0.05) is 96.9 Å². The highest BCUT2D eigenvalue weighted by atomic mass is 16.2. The Labute approximate surface area is 134 Å². The average Bonchev–Trinajstić information content (AvgIpc) is 2.71. The lowest BCUT2D eigenvalue weighted by atomic mass is 11.0. The van der Waals surface area contributed by atoms with Gasteiger partial charge in [0.1, 0.15) is 0 Å². The van der Waals surface area contributed by atoms with Gasteiger partial charge in [-0.25, -0.2) is 0 Å². The summed E-state index contributed by atoms with van der Waals surface area (Å²) in [6.07, 6.45) is 0. The van der Waals surface area contributed by atoms with Crippen molar-refractivity contribution in [3.8, 4) is 0 Å². The van der Waals surface area contributed by atoms with Gasteiger partial charge in [0, 0.05) is 21.3 Å². The van der Waals surface area contributed by atoms with Gasteiger partial charge in [-0.05, 0) is 0 Å². The monoisotopic (exact) mass is 306 g/mol. The zero-order valence-corrected chi connectivity index (χ0v) is 18.3. The quantitative estimate of drug-likeness (QED) is 0.513. The van der Waals surface area contributed by atoms with Crippen molar-refractivity contribution in [3.05, 3.63) is 0 Å². The summed E-state index contributed by atoms with van der Waals surface area (Å²) >= 11 is 0. The van der Waals surface area contributed by atoms with E-state index >= 15 is 0 Å². The highest BCUT2D eigenvalue weighted by Gasteiger charge is 0.945. The Balaban J connectivity index is -0.00000000694. The summed E-state index contributed by atoms with van der Waals surface area (Å²) in [6, 6.07) is 0. The van der Waals surface area contributed by atoms with E-state index in [2.05, 4.69) is 0 Å². The first-order valence-electron chi connectivity index (χ1n) is 8.34. The molecule has 0 aromatic carbocycles. The molecule has 0 saturated heterocycles. The van der Waals surface area contributed by atoms with Crippen LogP contribution < -0.4 is 0 Å². The summed E-state index contributed by atoms with van der Waals surface area (Å²) < 4.78 is 0. The molecular weight excluding hydrogens is 252 g/mol. The first-order chi connectivity index (χ1) is 10.0. The molecule has 0 radical (unpaired) electrons. The summed E-state index contributed by atoms with van der Waals surface area (Å²) in [5.41, 5.74) is 0. The number of aliphatic hydroxyl groups excluding tert-OH is 3. The van der Waals surface area contributed by atoms with Crippen molar-refractivity contribution in [2.75, 3.05) is 21.3 Å². The van der Waals surface area contributed by atoms with E-state index in [9.17, 15) is 0 Å². The van der Waals surface area contributed by atoms with Crippen LogP contribution in [0.3, 0.4) is 0 Å². The summed E-state index contributed by atoms with van der Waals surface area (Å²) in [5.74, 6) is 0. The van der Waals surface area contributed by atoms with Crippen LogP contribution in [-0.4, -0.2) is 36.6 Å². The van der Waals surface area contributed by atoms with Crippen molar-refractivity contribution in [1.82, 2.24) is 0 Å². The van der Waals surface area contributed by atoms with Crippen molar-refractivity contribution in [2.45, 2.75) is 96.9 Å².